The van der Waals surface area contributed by atoms with Crippen LogP contribution in [-0.2, 0) is 16.0 Å². The summed E-state index contributed by atoms with van der Waals surface area (Å²) in [6.45, 7) is 0.999. The number of nitrogens with one attached hydrogen (secondary N) is 1. The van der Waals surface area contributed by atoms with E-state index in [2.05, 4.69) is 5.32 Å². The number of benzene rings is 2. The van der Waals surface area contributed by atoms with Gasteiger partial charge in [0.2, 0.25) is 5.91 Å². The van der Waals surface area contributed by atoms with Crippen LogP contribution < -0.4 is 15.8 Å². The first-order chi connectivity index (χ1) is 15.4. The number of methoxy groups -OCH3 is 1. The van der Waals surface area contributed by atoms with Gasteiger partial charge < -0.3 is 25.6 Å². The van der Waals surface area contributed by atoms with Crippen molar-refractivity contribution in [1.29, 1.82) is 0 Å². The van der Waals surface area contributed by atoms with Crippen LogP contribution in [0.25, 0.3) is 0 Å². The molecule has 1 saturated heterocycles. The maximum Gasteiger partial charge on any atom is 0.263 e. The largest absolute Gasteiger partial charge is 0.497 e. The Morgan fingerprint density at radius 1 is 1.12 bits per heavy atom. The number of halogens is 1. The van der Waals surface area contributed by atoms with E-state index in [0.29, 0.717) is 18.7 Å². The molecular formula is C23H27FN4O4. The second kappa shape index (κ2) is 10.7. The molecule has 1 aliphatic heterocycles. The van der Waals surface area contributed by atoms with Gasteiger partial charge in [0, 0.05) is 31.7 Å². The van der Waals surface area contributed by atoms with Gasteiger partial charge in [-0.05, 0) is 42.3 Å². The van der Waals surface area contributed by atoms with Gasteiger partial charge in [0.05, 0.1) is 13.5 Å². The van der Waals surface area contributed by atoms with Crippen molar-refractivity contribution in [3.05, 3.63) is 65.5 Å². The molecule has 8 nitrogen and oxygen atoms in total. The summed E-state index contributed by atoms with van der Waals surface area (Å²) in [7, 11) is 1.54. The van der Waals surface area contributed by atoms with Crippen LogP contribution in [0.3, 0.4) is 0 Å². The molecule has 1 heterocycles. The van der Waals surface area contributed by atoms with Gasteiger partial charge in [0.1, 0.15) is 11.6 Å². The summed E-state index contributed by atoms with van der Waals surface area (Å²) in [6, 6.07) is 12.4. The molecule has 0 saturated carbocycles. The van der Waals surface area contributed by atoms with Crippen molar-refractivity contribution in [2.45, 2.75) is 19.0 Å². The fourth-order valence-corrected chi connectivity index (χ4v) is 3.71. The minimum Gasteiger partial charge on any atom is -0.497 e. The van der Waals surface area contributed by atoms with E-state index < -0.39 is 23.8 Å². The third-order valence-corrected chi connectivity index (χ3v) is 5.21. The smallest absolute Gasteiger partial charge is 0.263 e. The highest BCUT2D eigenvalue weighted by Gasteiger charge is 2.40. The van der Waals surface area contributed by atoms with Crippen LogP contribution in [0.15, 0.2) is 48.5 Å². The van der Waals surface area contributed by atoms with Gasteiger partial charge in [-0.15, -0.1) is 0 Å². The summed E-state index contributed by atoms with van der Waals surface area (Å²) < 4.78 is 18.9. The zero-order valence-corrected chi connectivity index (χ0v) is 17.9. The molecule has 1 unspecified atom stereocenters. The minimum absolute atomic E-state index is 0.0415. The number of amides is 3. The fraction of sp³-hybridized carbons (Fsp3) is 0.348. The third-order valence-electron chi connectivity index (χ3n) is 5.21. The lowest BCUT2D eigenvalue weighted by molar-refractivity contribution is -0.148. The summed E-state index contributed by atoms with van der Waals surface area (Å²) in [5.74, 6) is -1.25. The Morgan fingerprint density at radius 2 is 1.88 bits per heavy atom. The van der Waals surface area contributed by atoms with Crippen molar-refractivity contribution in [3.63, 3.8) is 0 Å². The van der Waals surface area contributed by atoms with Crippen molar-refractivity contribution in [3.8, 4) is 5.75 Å². The van der Waals surface area contributed by atoms with Gasteiger partial charge in [-0.1, -0.05) is 18.2 Å². The standard InChI is InChI=1S/C23H27FN4O4/c1-32-19-8-2-5-16(13-19)14-20(29)27-11-4-12-28(22(27)21(30)26-10-9-25)23(31)17-6-3-7-18(24)15-17/h2-3,5-8,13,15,22H,4,9-12,14,25H2,1H3,(H,26,30). The highest BCUT2D eigenvalue weighted by Crippen LogP contribution is 2.21. The molecule has 3 rings (SSSR count). The topological polar surface area (TPSA) is 105 Å². The molecular weight excluding hydrogens is 415 g/mol. The average Bonchev–Trinajstić information content (AvgIpc) is 2.81. The fourth-order valence-electron chi connectivity index (χ4n) is 3.71. The maximum absolute atomic E-state index is 13.7. The lowest BCUT2D eigenvalue weighted by Gasteiger charge is -2.42. The van der Waals surface area contributed by atoms with Crippen LogP contribution in [0.2, 0.25) is 0 Å². The van der Waals surface area contributed by atoms with Crippen molar-refractivity contribution in [1.82, 2.24) is 15.1 Å². The first-order valence-electron chi connectivity index (χ1n) is 10.4. The number of rotatable bonds is 7. The van der Waals surface area contributed by atoms with E-state index >= 15 is 0 Å². The van der Waals surface area contributed by atoms with Crippen molar-refractivity contribution in [2.24, 2.45) is 5.73 Å². The van der Waals surface area contributed by atoms with Crippen LogP contribution in [0.5, 0.6) is 5.75 Å². The zero-order valence-electron chi connectivity index (χ0n) is 17.9. The molecule has 0 bridgehead atoms. The van der Waals surface area contributed by atoms with E-state index in [0.717, 1.165) is 11.6 Å². The Kier molecular flexibility index (Phi) is 7.77. The van der Waals surface area contributed by atoms with E-state index in [9.17, 15) is 18.8 Å². The number of hydrogen-bond acceptors (Lipinski definition) is 5. The van der Waals surface area contributed by atoms with Gasteiger partial charge in [-0.2, -0.15) is 0 Å². The third kappa shape index (κ3) is 5.42. The molecule has 0 radical (unpaired) electrons. The van der Waals surface area contributed by atoms with Crippen LogP contribution in [-0.4, -0.2) is 67.0 Å². The molecule has 32 heavy (non-hydrogen) atoms. The number of nitrogens with zero attached hydrogens (tertiary/aromatic N) is 2. The molecule has 0 spiro atoms. The van der Waals surface area contributed by atoms with E-state index in [1.54, 1.807) is 31.4 Å². The Labute approximate surface area is 186 Å². The molecule has 9 heteroatoms. The summed E-state index contributed by atoms with van der Waals surface area (Å²) in [6.07, 6.45) is -0.616. The lowest BCUT2D eigenvalue weighted by atomic mass is 10.1. The molecule has 0 aliphatic carbocycles. The van der Waals surface area contributed by atoms with Crippen LogP contribution in [0.4, 0.5) is 4.39 Å². The Balaban J connectivity index is 1.88. The van der Waals surface area contributed by atoms with E-state index in [-0.39, 0.29) is 37.5 Å². The highest BCUT2D eigenvalue weighted by molar-refractivity contribution is 5.99. The van der Waals surface area contributed by atoms with Gasteiger partial charge in [-0.3, -0.25) is 14.4 Å². The van der Waals surface area contributed by atoms with Crippen molar-refractivity contribution < 1.29 is 23.5 Å². The first-order valence-corrected chi connectivity index (χ1v) is 10.4. The molecule has 2 aromatic rings. The quantitative estimate of drug-likeness (QED) is 0.670. The van der Waals surface area contributed by atoms with Gasteiger partial charge in [-0.25, -0.2) is 4.39 Å². The van der Waals surface area contributed by atoms with Crippen LogP contribution in [0.1, 0.15) is 22.3 Å². The van der Waals surface area contributed by atoms with Crippen molar-refractivity contribution >= 4 is 17.7 Å². The average molecular weight is 442 g/mol. The second-order valence-corrected chi connectivity index (χ2v) is 7.43. The molecule has 2 aromatic carbocycles. The molecule has 170 valence electrons. The molecule has 1 atom stereocenters. The zero-order chi connectivity index (χ0) is 23.1. The molecule has 0 aromatic heterocycles. The summed E-state index contributed by atoms with van der Waals surface area (Å²) in [4.78, 5) is 42.0. The normalized spacial score (nSPS) is 15.9. The second-order valence-electron chi connectivity index (χ2n) is 7.43. The summed E-state index contributed by atoms with van der Waals surface area (Å²) in [5.41, 5.74) is 6.34. The Hall–Kier alpha value is -3.46. The number of nitrogens with two attached hydrogens (primary N) is 1. The van der Waals surface area contributed by atoms with E-state index in [1.807, 2.05) is 0 Å². The van der Waals surface area contributed by atoms with E-state index in [1.165, 1.54) is 28.0 Å². The van der Waals surface area contributed by atoms with Gasteiger partial charge in [0.25, 0.3) is 11.8 Å². The van der Waals surface area contributed by atoms with Crippen LogP contribution in [0, 0.1) is 5.82 Å². The first kappa shape index (κ1) is 23.2. The predicted molar refractivity (Wildman–Crippen MR) is 116 cm³/mol. The van der Waals surface area contributed by atoms with Gasteiger partial charge >= 0.3 is 0 Å². The Bertz CT molecular complexity index is 984. The number of ether oxygens (including phenoxy) is 1. The predicted octanol–water partition coefficient (Wildman–Crippen LogP) is 1.15. The number of hydrogen-bond donors (Lipinski definition) is 2. The molecule has 1 aliphatic rings. The van der Waals surface area contributed by atoms with Crippen molar-refractivity contribution in [2.75, 3.05) is 33.3 Å². The Morgan fingerprint density at radius 3 is 2.59 bits per heavy atom. The molecule has 3 N–H and O–H groups in total. The lowest BCUT2D eigenvalue weighted by Crippen LogP contribution is -2.64. The van der Waals surface area contributed by atoms with E-state index in [4.69, 9.17) is 10.5 Å². The number of carbonyl (C=O) groups is 3. The maximum atomic E-state index is 13.7. The molecule has 3 amide bonds. The van der Waals surface area contributed by atoms with Gasteiger partial charge in [0.15, 0.2) is 6.17 Å². The summed E-state index contributed by atoms with van der Waals surface area (Å²) >= 11 is 0. The minimum atomic E-state index is -1.15. The monoisotopic (exact) mass is 442 g/mol. The SMILES string of the molecule is COc1cccc(CC(=O)N2CCCN(C(=O)c3cccc(F)c3)C2C(=O)NCCN)c1. The molecule has 1 fully saturated rings. The van der Waals surface area contributed by atoms with Crippen LogP contribution >= 0.6 is 0 Å². The number of carbonyl (C=O) groups excluding carboxylic acids is 3. The highest BCUT2D eigenvalue weighted by atomic mass is 19.1. The summed E-state index contributed by atoms with van der Waals surface area (Å²) in [5, 5.41) is 2.67.